The van der Waals surface area contributed by atoms with Gasteiger partial charge in [-0.3, -0.25) is 4.98 Å². The fourth-order valence-corrected chi connectivity index (χ4v) is 3.27. The van der Waals surface area contributed by atoms with Crippen LogP contribution in [-0.2, 0) is 6.42 Å². The summed E-state index contributed by atoms with van der Waals surface area (Å²) in [5.74, 6) is 0.365. The largest absolute Gasteiger partial charge is 0.399 e. The first kappa shape index (κ1) is 12.3. The van der Waals surface area contributed by atoms with E-state index in [4.69, 9.17) is 10.7 Å². The van der Waals surface area contributed by atoms with E-state index in [2.05, 4.69) is 29.2 Å². The maximum Gasteiger partial charge on any atom is 0.0907 e. The number of nitrogen functional groups attached to an aromatic ring is 1. The highest BCUT2D eigenvalue weighted by atomic mass is 14.8. The molecule has 1 unspecified atom stereocenters. The molecule has 0 fully saturated rings. The van der Waals surface area contributed by atoms with Crippen LogP contribution >= 0.6 is 0 Å². The van der Waals surface area contributed by atoms with Crippen LogP contribution in [-0.4, -0.2) is 9.97 Å². The molecule has 0 saturated carbocycles. The minimum atomic E-state index is 0.365. The molecule has 0 aliphatic heterocycles. The van der Waals surface area contributed by atoms with E-state index >= 15 is 0 Å². The summed E-state index contributed by atoms with van der Waals surface area (Å²) < 4.78 is 0. The second-order valence-corrected chi connectivity index (χ2v) is 5.69. The van der Waals surface area contributed by atoms with Crippen molar-refractivity contribution in [3.8, 4) is 0 Å². The predicted octanol–water partition coefficient (Wildman–Crippen LogP) is 3.68. The second kappa shape index (κ2) is 4.85. The molecule has 3 aromatic rings. The molecular weight excluding hydrogens is 258 g/mol. The molecule has 104 valence electrons. The smallest absolute Gasteiger partial charge is 0.0907 e. The van der Waals surface area contributed by atoms with Crippen molar-refractivity contribution in [2.45, 2.75) is 25.2 Å². The van der Waals surface area contributed by atoms with Crippen LogP contribution in [0.25, 0.3) is 11.0 Å². The van der Waals surface area contributed by atoms with Crippen LogP contribution in [0.4, 0.5) is 5.69 Å². The molecule has 1 aliphatic rings. The Morgan fingerprint density at radius 3 is 2.90 bits per heavy atom. The topological polar surface area (TPSA) is 51.8 Å². The summed E-state index contributed by atoms with van der Waals surface area (Å²) >= 11 is 0. The van der Waals surface area contributed by atoms with Gasteiger partial charge in [0.25, 0.3) is 0 Å². The van der Waals surface area contributed by atoms with Gasteiger partial charge in [-0.15, -0.1) is 0 Å². The number of fused-ring (bicyclic) bond motifs is 2. The summed E-state index contributed by atoms with van der Waals surface area (Å²) in [4.78, 5) is 9.37. The molecule has 0 bridgehead atoms. The maximum atomic E-state index is 5.80. The molecule has 3 nitrogen and oxygen atoms in total. The first-order valence-corrected chi connectivity index (χ1v) is 7.41. The van der Waals surface area contributed by atoms with E-state index in [0.29, 0.717) is 5.92 Å². The molecule has 0 radical (unpaired) electrons. The number of rotatable bonds is 1. The van der Waals surface area contributed by atoms with Crippen molar-refractivity contribution in [2.24, 2.45) is 0 Å². The Balaban J connectivity index is 1.82. The van der Waals surface area contributed by atoms with Gasteiger partial charge in [0.1, 0.15) is 0 Å². The summed E-state index contributed by atoms with van der Waals surface area (Å²) in [6.07, 6.45) is 5.44. The van der Waals surface area contributed by atoms with Gasteiger partial charge in [0.15, 0.2) is 0 Å². The number of aryl methyl sites for hydroxylation is 1. The van der Waals surface area contributed by atoms with Crippen LogP contribution in [0.1, 0.15) is 35.6 Å². The van der Waals surface area contributed by atoms with E-state index in [-0.39, 0.29) is 0 Å². The van der Waals surface area contributed by atoms with Crippen LogP contribution in [0.2, 0.25) is 0 Å². The lowest BCUT2D eigenvalue weighted by molar-refractivity contribution is 0.604. The van der Waals surface area contributed by atoms with E-state index in [0.717, 1.165) is 28.8 Å². The number of benzene rings is 2. The fraction of sp³-hybridized carbons (Fsp3) is 0.222. The molecule has 2 aromatic carbocycles. The summed E-state index contributed by atoms with van der Waals surface area (Å²) in [5.41, 5.74) is 12.2. The van der Waals surface area contributed by atoms with Crippen LogP contribution < -0.4 is 5.73 Å². The Bertz CT molecular complexity index is 810. The summed E-state index contributed by atoms with van der Waals surface area (Å²) in [6.45, 7) is 0. The van der Waals surface area contributed by atoms with Gasteiger partial charge in [0.05, 0.1) is 16.7 Å². The van der Waals surface area contributed by atoms with E-state index in [1.54, 1.807) is 0 Å². The zero-order chi connectivity index (χ0) is 14.2. The van der Waals surface area contributed by atoms with E-state index < -0.39 is 0 Å². The van der Waals surface area contributed by atoms with Gasteiger partial charge in [-0.2, -0.15) is 0 Å². The number of nitrogens with zero attached hydrogens (tertiary/aromatic N) is 2. The number of hydrogen-bond donors (Lipinski definition) is 1. The Morgan fingerprint density at radius 2 is 1.95 bits per heavy atom. The molecule has 4 rings (SSSR count). The highest BCUT2D eigenvalue weighted by molar-refractivity contribution is 5.77. The zero-order valence-corrected chi connectivity index (χ0v) is 11.8. The lowest BCUT2D eigenvalue weighted by Gasteiger charge is -2.25. The molecule has 0 spiro atoms. The first-order chi connectivity index (χ1) is 10.3. The monoisotopic (exact) mass is 275 g/mol. The third kappa shape index (κ3) is 2.15. The molecule has 1 aromatic heterocycles. The lowest BCUT2D eigenvalue weighted by atomic mass is 9.81. The minimum Gasteiger partial charge on any atom is -0.399 e. The van der Waals surface area contributed by atoms with Crippen LogP contribution in [0.5, 0.6) is 0 Å². The number of anilines is 1. The van der Waals surface area contributed by atoms with Gasteiger partial charge < -0.3 is 5.73 Å². The van der Waals surface area contributed by atoms with Crippen molar-refractivity contribution in [1.29, 1.82) is 0 Å². The van der Waals surface area contributed by atoms with Crippen molar-refractivity contribution < 1.29 is 0 Å². The van der Waals surface area contributed by atoms with E-state index in [1.165, 1.54) is 24.0 Å². The molecule has 0 saturated heterocycles. The Hall–Kier alpha value is -2.42. The van der Waals surface area contributed by atoms with E-state index in [1.807, 2.05) is 24.4 Å². The predicted molar refractivity (Wildman–Crippen MR) is 85.2 cm³/mol. The Morgan fingerprint density at radius 1 is 1.05 bits per heavy atom. The minimum absolute atomic E-state index is 0.365. The molecule has 21 heavy (non-hydrogen) atoms. The molecule has 1 aliphatic carbocycles. The second-order valence-electron chi connectivity index (χ2n) is 5.69. The standard InChI is InChI=1S/C18H17N3/c19-13-8-9-16-17(10-13)20-11-18(21-16)15-7-3-5-12-4-1-2-6-14(12)15/h1-2,4,6,8-11,15H,3,5,7,19H2. The lowest BCUT2D eigenvalue weighted by Crippen LogP contribution is -2.12. The maximum absolute atomic E-state index is 5.80. The zero-order valence-electron chi connectivity index (χ0n) is 11.8. The normalized spacial score (nSPS) is 17.6. The SMILES string of the molecule is Nc1ccc2nc(C3CCCc4ccccc43)cnc2c1. The van der Waals surface area contributed by atoms with Crippen molar-refractivity contribution in [3.05, 3.63) is 65.5 Å². The number of nitrogens with two attached hydrogens (primary N) is 1. The average molecular weight is 275 g/mol. The van der Waals surface area contributed by atoms with E-state index in [9.17, 15) is 0 Å². The molecule has 1 atom stereocenters. The Labute approximate surface area is 123 Å². The molecule has 2 N–H and O–H groups in total. The van der Waals surface area contributed by atoms with Gasteiger partial charge in [-0.1, -0.05) is 24.3 Å². The summed E-state index contributed by atoms with van der Waals surface area (Å²) in [5, 5.41) is 0. The van der Waals surface area contributed by atoms with Crippen LogP contribution in [0.3, 0.4) is 0 Å². The highest BCUT2D eigenvalue weighted by Gasteiger charge is 2.22. The molecule has 1 heterocycles. The molecule has 0 amide bonds. The van der Waals surface area contributed by atoms with Crippen molar-refractivity contribution in [3.63, 3.8) is 0 Å². The van der Waals surface area contributed by atoms with Gasteiger partial charge in [-0.25, -0.2) is 4.98 Å². The average Bonchev–Trinajstić information content (AvgIpc) is 2.54. The molecular formula is C18H17N3. The van der Waals surface area contributed by atoms with Gasteiger partial charge in [0.2, 0.25) is 0 Å². The fourth-order valence-electron chi connectivity index (χ4n) is 3.27. The Kier molecular flexibility index (Phi) is 2.85. The highest BCUT2D eigenvalue weighted by Crippen LogP contribution is 2.35. The third-order valence-corrected chi connectivity index (χ3v) is 4.31. The van der Waals surface area contributed by atoms with Crippen LogP contribution in [0, 0.1) is 0 Å². The van der Waals surface area contributed by atoms with Crippen molar-refractivity contribution in [2.75, 3.05) is 5.73 Å². The summed E-state index contributed by atoms with van der Waals surface area (Å²) in [7, 11) is 0. The van der Waals surface area contributed by atoms with Gasteiger partial charge >= 0.3 is 0 Å². The van der Waals surface area contributed by atoms with Gasteiger partial charge in [0, 0.05) is 17.8 Å². The number of aromatic nitrogens is 2. The molecule has 3 heteroatoms. The first-order valence-electron chi connectivity index (χ1n) is 7.41. The van der Waals surface area contributed by atoms with Crippen molar-refractivity contribution in [1.82, 2.24) is 9.97 Å². The van der Waals surface area contributed by atoms with Gasteiger partial charge in [-0.05, 0) is 48.6 Å². The summed E-state index contributed by atoms with van der Waals surface area (Å²) in [6, 6.07) is 14.4. The third-order valence-electron chi connectivity index (χ3n) is 4.31. The quantitative estimate of drug-likeness (QED) is 0.689. The van der Waals surface area contributed by atoms with Crippen LogP contribution in [0.15, 0.2) is 48.7 Å². The van der Waals surface area contributed by atoms with Crippen molar-refractivity contribution >= 4 is 16.7 Å². The number of hydrogen-bond acceptors (Lipinski definition) is 3.